The summed E-state index contributed by atoms with van der Waals surface area (Å²) in [7, 11) is 3.02. The third-order valence-electron chi connectivity index (χ3n) is 5.05. The monoisotopic (exact) mass is 408 g/mol. The van der Waals surface area contributed by atoms with Crippen molar-refractivity contribution in [1.82, 2.24) is 9.80 Å². The van der Waals surface area contributed by atoms with E-state index in [0.29, 0.717) is 50.9 Å². The van der Waals surface area contributed by atoms with E-state index in [1.165, 1.54) is 14.2 Å². The van der Waals surface area contributed by atoms with Gasteiger partial charge in [0.05, 0.1) is 33.9 Å². The van der Waals surface area contributed by atoms with Crippen molar-refractivity contribution in [2.75, 3.05) is 53.6 Å². The Labute approximate surface area is 172 Å². The number of ether oxygens (including phenoxy) is 4. The number of amides is 1. The normalized spacial score (nSPS) is 15.5. The molecule has 0 aliphatic carbocycles. The van der Waals surface area contributed by atoms with Crippen LogP contribution in [0.2, 0.25) is 0 Å². The molecule has 1 unspecified atom stereocenters. The zero-order valence-electron chi connectivity index (χ0n) is 18.0. The Hall–Kier alpha value is -2.32. The molecule has 1 heterocycles. The van der Waals surface area contributed by atoms with Crippen LogP contribution in [0, 0.1) is 6.92 Å². The number of hydrogen-bond acceptors (Lipinski definition) is 7. The highest BCUT2D eigenvalue weighted by Crippen LogP contribution is 2.38. The Kier molecular flexibility index (Phi) is 8.72. The highest BCUT2D eigenvalue weighted by atomic mass is 16.6. The largest absolute Gasteiger partial charge is 0.493 e. The first-order valence-corrected chi connectivity index (χ1v) is 9.98. The van der Waals surface area contributed by atoms with Gasteiger partial charge in [-0.05, 0) is 38.5 Å². The van der Waals surface area contributed by atoms with Gasteiger partial charge in [-0.2, -0.15) is 0 Å². The summed E-state index contributed by atoms with van der Waals surface area (Å²) in [6.07, 6.45) is 0.0526. The fourth-order valence-corrected chi connectivity index (χ4v) is 3.40. The second-order valence-electron chi connectivity index (χ2n) is 6.85. The zero-order chi connectivity index (χ0) is 21.4. The standard InChI is InChI=1S/C21H32N2O6/c1-6-22(7-2)19(24)14-16(23-8-10-28-11-9-23)21(25)29-20-17(26-4)12-15(3)13-18(20)27-5/h12-13,16H,6-11,14H2,1-5H3. The van der Waals surface area contributed by atoms with Gasteiger partial charge in [-0.15, -0.1) is 0 Å². The lowest BCUT2D eigenvalue weighted by atomic mass is 10.1. The first-order chi connectivity index (χ1) is 13.9. The van der Waals surface area contributed by atoms with Gasteiger partial charge in [0.25, 0.3) is 0 Å². The lowest BCUT2D eigenvalue weighted by Crippen LogP contribution is -2.51. The van der Waals surface area contributed by atoms with Crippen molar-refractivity contribution in [3.05, 3.63) is 17.7 Å². The molecule has 0 aromatic heterocycles. The van der Waals surface area contributed by atoms with E-state index in [0.717, 1.165) is 5.56 Å². The molecule has 162 valence electrons. The lowest BCUT2D eigenvalue weighted by molar-refractivity contribution is -0.147. The van der Waals surface area contributed by atoms with Crippen molar-refractivity contribution in [3.8, 4) is 17.2 Å². The van der Waals surface area contributed by atoms with Gasteiger partial charge in [0.2, 0.25) is 11.7 Å². The SMILES string of the molecule is CCN(CC)C(=O)CC(C(=O)Oc1c(OC)cc(C)cc1OC)N1CCOCC1. The van der Waals surface area contributed by atoms with Gasteiger partial charge < -0.3 is 23.8 Å². The Balaban J connectivity index is 2.29. The quantitative estimate of drug-likeness (QED) is 0.456. The van der Waals surface area contributed by atoms with Gasteiger partial charge in [0, 0.05) is 26.2 Å². The molecule has 1 aromatic carbocycles. The number of rotatable bonds is 9. The van der Waals surface area contributed by atoms with Crippen LogP contribution in [0.1, 0.15) is 25.8 Å². The molecule has 0 spiro atoms. The summed E-state index contributed by atoms with van der Waals surface area (Å²) in [6, 6.07) is 2.84. The minimum atomic E-state index is -0.706. The fraction of sp³-hybridized carbons (Fsp3) is 0.619. The summed E-state index contributed by atoms with van der Waals surface area (Å²) in [5, 5.41) is 0. The van der Waals surface area contributed by atoms with Crippen LogP contribution >= 0.6 is 0 Å². The number of methoxy groups -OCH3 is 2. The van der Waals surface area contributed by atoms with E-state index in [4.69, 9.17) is 18.9 Å². The van der Waals surface area contributed by atoms with Crippen LogP contribution in [-0.2, 0) is 14.3 Å². The second kappa shape index (κ2) is 11.0. The molecule has 0 N–H and O–H groups in total. The number of esters is 1. The van der Waals surface area contributed by atoms with E-state index in [9.17, 15) is 9.59 Å². The maximum Gasteiger partial charge on any atom is 0.329 e. The van der Waals surface area contributed by atoms with Crippen LogP contribution < -0.4 is 14.2 Å². The summed E-state index contributed by atoms with van der Waals surface area (Å²) in [5.74, 6) is 0.454. The lowest BCUT2D eigenvalue weighted by Gasteiger charge is -2.33. The van der Waals surface area contributed by atoms with Gasteiger partial charge >= 0.3 is 5.97 Å². The molecule has 1 saturated heterocycles. The third kappa shape index (κ3) is 5.83. The van der Waals surface area contributed by atoms with Crippen LogP contribution in [0.15, 0.2) is 12.1 Å². The predicted octanol–water partition coefficient (Wildman–Crippen LogP) is 1.88. The average molecular weight is 408 g/mol. The first kappa shape index (κ1) is 23.0. The average Bonchev–Trinajstić information content (AvgIpc) is 2.74. The van der Waals surface area contributed by atoms with Gasteiger partial charge in [0.15, 0.2) is 11.5 Å². The molecule has 1 aliphatic rings. The minimum absolute atomic E-state index is 0.0526. The van der Waals surface area contributed by atoms with Crippen LogP contribution in [0.25, 0.3) is 0 Å². The van der Waals surface area contributed by atoms with Crippen LogP contribution in [-0.4, -0.2) is 81.3 Å². The van der Waals surface area contributed by atoms with Gasteiger partial charge in [-0.1, -0.05) is 0 Å². The van der Waals surface area contributed by atoms with E-state index in [1.54, 1.807) is 17.0 Å². The molecule has 0 bridgehead atoms. The molecule has 1 aliphatic heterocycles. The number of morpholine rings is 1. The molecule has 1 atom stereocenters. The molecule has 1 fully saturated rings. The highest BCUT2D eigenvalue weighted by molar-refractivity contribution is 5.87. The van der Waals surface area contributed by atoms with E-state index in [-0.39, 0.29) is 18.1 Å². The van der Waals surface area contributed by atoms with Crippen molar-refractivity contribution in [2.45, 2.75) is 33.2 Å². The molecule has 0 saturated carbocycles. The van der Waals surface area contributed by atoms with Crippen molar-refractivity contribution in [1.29, 1.82) is 0 Å². The smallest absolute Gasteiger partial charge is 0.329 e. The summed E-state index contributed by atoms with van der Waals surface area (Å²) in [5.41, 5.74) is 0.917. The maximum absolute atomic E-state index is 13.2. The van der Waals surface area contributed by atoms with Gasteiger partial charge in [-0.25, -0.2) is 4.79 Å². The topological polar surface area (TPSA) is 77.5 Å². The highest BCUT2D eigenvalue weighted by Gasteiger charge is 2.33. The van der Waals surface area contributed by atoms with E-state index in [2.05, 4.69) is 0 Å². The summed E-state index contributed by atoms with van der Waals surface area (Å²) in [4.78, 5) is 29.6. The van der Waals surface area contributed by atoms with Crippen molar-refractivity contribution < 1.29 is 28.5 Å². The minimum Gasteiger partial charge on any atom is -0.493 e. The first-order valence-electron chi connectivity index (χ1n) is 9.98. The number of aryl methyl sites for hydroxylation is 1. The van der Waals surface area contributed by atoms with Crippen LogP contribution in [0.5, 0.6) is 17.2 Å². The Morgan fingerprint density at radius 2 is 1.66 bits per heavy atom. The molecular weight excluding hydrogens is 376 g/mol. The van der Waals surface area contributed by atoms with Crippen molar-refractivity contribution in [3.63, 3.8) is 0 Å². The molecular formula is C21H32N2O6. The van der Waals surface area contributed by atoms with Gasteiger partial charge in [-0.3, -0.25) is 9.69 Å². The number of benzene rings is 1. The number of carbonyl (C=O) groups is 2. The van der Waals surface area contributed by atoms with Crippen LogP contribution in [0.3, 0.4) is 0 Å². The Morgan fingerprint density at radius 3 is 2.14 bits per heavy atom. The molecule has 1 amide bonds. The van der Waals surface area contributed by atoms with E-state index >= 15 is 0 Å². The summed E-state index contributed by atoms with van der Waals surface area (Å²) in [6.45, 7) is 9.09. The third-order valence-corrected chi connectivity index (χ3v) is 5.05. The molecule has 1 aromatic rings. The Bertz CT molecular complexity index is 673. The number of nitrogens with zero attached hydrogens (tertiary/aromatic N) is 2. The zero-order valence-corrected chi connectivity index (χ0v) is 18.0. The summed E-state index contributed by atoms with van der Waals surface area (Å²) >= 11 is 0. The number of carbonyl (C=O) groups excluding carboxylic acids is 2. The fourth-order valence-electron chi connectivity index (χ4n) is 3.40. The molecule has 8 heteroatoms. The van der Waals surface area contributed by atoms with Crippen LogP contribution in [0.4, 0.5) is 0 Å². The van der Waals surface area contributed by atoms with Crippen molar-refractivity contribution >= 4 is 11.9 Å². The number of hydrogen-bond donors (Lipinski definition) is 0. The molecule has 8 nitrogen and oxygen atoms in total. The molecule has 29 heavy (non-hydrogen) atoms. The van der Waals surface area contributed by atoms with Gasteiger partial charge in [0.1, 0.15) is 6.04 Å². The second-order valence-corrected chi connectivity index (χ2v) is 6.85. The van der Waals surface area contributed by atoms with Crippen molar-refractivity contribution in [2.24, 2.45) is 0 Å². The molecule has 2 rings (SSSR count). The summed E-state index contributed by atoms with van der Waals surface area (Å²) < 4.78 is 21.9. The molecule has 0 radical (unpaired) electrons. The van der Waals surface area contributed by atoms with E-state index in [1.807, 2.05) is 25.7 Å². The van der Waals surface area contributed by atoms with E-state index < -0.39 is 12.0 Å². The Morgan fingerprint density at radius 1 is 1.10 bits per heavy atom. The maximum atomic E-state index is 13.2. The predicted molar refractivity (Wildman–Crippen MR) is 109 cm³/mol.